The van der Waals surface area contributed by atoms with Crippen LogP contribution in [0.2, 0.25) is 0 Å². The molecule has 1 aromatic heterocycles. The molecule has 8 nitrogen and oxygen atoms in total. The van der Waals surface area contributed by atoms with Crippen LogP contribution >= 0.6 is 0 Å². The SMILES string of the molecule is NC(=O)c1cc(OC2CCN(c3ccc(F)cc3[N+](=O)[O-])CC2)ccn1. The minimum atomic E-state index is -0.637. The molecule has 0 atom stereocenters. The predicted molar refractivity (Wildman–Crippen MR) is 91.7 cm³/mol. The topological polar surface area (TPSA) is 112 Å². The van der Waals surface area contributed by atoms with E-state index in [2.05, 4.69) is 4.98 Å². The fourth-order valence-electron chi connectivity index (χ4n) is 2.94. The summed E-state index contributed by atoms with van der Waals surface area (Å²) in [5, 5.41) is 11.2. The first-order chi connectivity index (χ1) is 12.4. The van der Waals surface area contributed by atoms with Gasteiger partial charge in [-0.3, -0.25) is 19.9 Å². The molecule has 1 saturated heterocycles. The van der Waals surface area contributed by atoms with Crippen LogP contribution in [-0.4, -0.2) is 35.0 Å². The van der Waals surface area contributed by atoms with Crippen LogP contribution in [0.15, 0.2) is 36.5 Å². The van der Waals surface area contributed by atoms with Gasteiger partial charge in [0.1, 0.15) is 29.1 Å². The van der Waals surface area contributed by atoms with Gasteiger partial charge in [0.2, 0.25) is 0 Å². The lowest BCUT2D eigenvalue weighted by atomic mass is 10.1. The summed E-state index contributed by atoms with van der Waals surface area (Å²) in [6, 6.07) is 6.70. The zero-order valence-corrected chi connectivity index (χ0v) is 13.8. The number of nitrogens with two attached hydrogens (primary N) is 1. The highest BCUT2D eigenvalue weighted by molar-refractivity contribution is 5.91. The maximum absolute atomic E-state index is 13.3. The number of ether oxygens (including phenoxy) is 1. The summed E-state index contributed by atoms with van der Waals surface area (Å²) in [5.74, 6) is -0.768. The first-order valence-electron chi connectivity index (χ1n) is 8.05. The standard InChI is InChI=1S/C17H17FN4O4/c18-11-1-2-15(16(9-11)22(24)25)21-7-4-12(5-8-21)26-13-3-6-20-14(10-13)17(19)23/h1-3,6,9-10,12H,4-5,7-8H2,(H2,19,23). The molecule has 1 fully saturated rings. The van der Waals surface area contributed by atoms with E-state index in [9.17, 15) is 19.3 Å². The van der Waals surface area contributed by atoms with Gasteiger partial charge in [-0.25, -0.2) is 4.39 Å². The predicted octanol–water partition coefficient (Wildman–Crippen LogP) is 2.28. The van der Waals surface area contributed by atoms with E-state index in [0.29, 0.717) is 37.4 Å². The van der Waals surface area contributed by atoms with Crippen molar-refractivity contribution in [3.05, 3.63) is 58.2 Å². The van der Waals surface area contributed by atoms with Crippen molar-refractivity contribution in [2.45, 2.75) is 18.9 Å². The first kappa shape index (κ1) is 17.6. The second-order valence-corrected chi connectivity index (χ2v) is 5.94. The molecule has 2 aromatic rings. The van der Waals surface area contributed by atoms with E-state index in [1.54, 1.807) is 6.07 Å². The number of hydrogen-bond donors (Lipinski definition) is 1. The fraction of sp³-hybridized carbons (Fsp3) is 0.294. The van der Waals surface area contributed by atoms with E-state index in [4.69, 9.17) is 10.5 Å². The number of amides is 1. The second kappa shape index (κ2) is 7.34. The number of hydrogen-bond acceptors (Lipinski definition) is 6. The van der Waals surface area contributed by atoms with Crippen LogP contribution in [0.25, 0.3) is 0 Å². The summed E-state index contributed by atoms with van der Waals surface area (Å²) in [5.41, 5.74) is 5.48. The van der Waals surface area contributed by atoms with E-state index in [1.165, 1.54) is 24.4 Å². The number of nitro benzene ring substituents is 1. The third kappa shape index (κ3) is 3.88. The van der Waals surface area contributed by atoms with Crippen molar-refractivity contribution in [2.75, 3.05) is 18.0 Å². The maximum Gasteiger partial charge on any atom is 0.295 e. The van der Waals surface area contributed by atoms with Gasteiger partial charge in [0.15, 0.2) is 0 Å². The molecule has 0 spiro atoms. The van der Waals surface area contributed by atoms with Gasteiger partial charge in [0, 0.05) is 38.2 Å². The average molecular weight is 360 g/mol. The third-order valence-electron chi connectivity index (χ3n) is 4.20. The minimum Gasteiger partial charge on any atom is -0.490 e. The number of carbonyl (C=O) groups is 1. The van der Waals surface area contributed by atoms with E-state index in [0.717, 1.165) is 6.07 Å². The molecule has 0 bridgehead atoms. The van der Waals surface area contributed by atoms with Crippen molar-refractivity contribution < 1.29 is 18.8 Å². The summed E-state index contributed by atoms with van der Waals surface area (Å²) >= 11 is 0. The van der Waals surface area contributed by atoms with Gasteiger partial charge in [0.05, 0.1) is 11.0 Å². The second-order valence-electron chi connectivity index (χ2n) is 5.94. The van der Waals surface area contributed by atoms with Crippen LogP contribution in [0.4, 0.5) is 15.8 Å². The van der Waals surface area contributed by atoms with E-state index < -0.39 is 16.6 Å². The number of pyridine rings is 1. The fourth-order valence-corrected chi connectivity index (χ4v) is 2.94. The normalized spacial score (nSPS) is 14.9. The van der Waals surface area contributed by atoms with Crippen molar-refractivity contribution in [1.82, 2.24) is 4.98 Å². The Labute approximate surface area is 148 Å². The highest BCUT2D eigenvalue weighted by Crippen LogP contribution is 2.31. The van der Waals surface area contributed by atoms with Crippen LogP contribution in [-0.2, 0) is 0 Å². The molecule has 1 aliphatic rings. The molecular formula is C17H17FN4O4. The summed E-state index contributed by atoms with van der Waals surface area (Å²) in [7, 11) is 0. The third-order valence-corrected chi connectivity index (χ3v) is 4.20. The Morgan fingerprint density at radius 2 is 2.04 bits per heavy atom. The molecule has 1 aliphatic heterocycles. The van der Waals surface area contributed by atoms with Gasteiger partial charge in [0.25, 0.3) is 11.6 Å². The van der Waals surface area contributed by atoms with E-state index in [-0.39, 0.29) is 17.5 Å². The van der Waals surface area contributed by atoms with Gasteiger partial charge in [-0.15, -0.1) is 0 Å². The summed E-state index contributed by atoms with van der Waals surface area (Å²) in [6.45, 7) is 1.07. The van der Waals surface area contributed by atoms with Crippen LogP contribution in [0.5, 0.6) is 5.75 Å². The molecule has 26 heavy (non-hydrogen) atoms. The first-order valence-corrected chi connectivity index (χ1v) is 8.05. The number of rotatable bonds is 5. The maximum atomic E-state index is 13.3. The Kier molecular flexibility index (Phi) is 4.97. The van der Waals surface area contributed by atoms with Crippen LogP contribution in [0.1, 0.15) is 23.3 Å². The quantitative estimate of drug-likeness (QED) is 0.647. The number of nitro groups is 1. The lowest BCUT2D eigenvalue weighted by Crippen LogP contribution is -2.38. The number of nitrogens with zero attached hydrogens (tertiary/aromatic N) is 3. The number of halogens is 1. The number of piperidine rings is 1. The monoisotopic (exact) mass is 360 g/mol. The molecule has 1 amide bonds. The molecule has 136 valence electrons. The molecule has 3 rings (SSSR count). The number of aromatic nitrogens is 1. The van der Waals surface area contributed by atoms with Crippen molar-refractivity contribution in [3.8, 4) is 5.75 Å². The van der Waals surface area contributed by atoms with Crippen molar-refractivity contribution in [2.24, 2.45) is 5.73 Å². The minimum absolute atomic E-state index is 0.103. The molecule has 0 radical (unpaired) electrons. The molecule has 1 aromatic carbocycles. The summed E-state index contributed by atoms with van der Waals surface area (Å²) < 4.78 is 19.1. The van der Waals surface area contributed by atoms with Gasteiger partial charge in [-0.2, -0.15) is 0 Å². The number of carbonyl (C=O) groups excluding carboxylic acids is 1. The zero-order chi connectivity index (χ0) is 18.7. The molecule has 9 heteroatoms. The lowest BCUT2D eigenvalue weighted by Gasteiger charge is -2.33. The number of primary amides is 1. The largest absolute Gasteiger partial charge is 0.490 e. The summed E-state index contributed by atoms with van der Waals surface area (Å²) in [4.78, 5) is 27.5. The van der Waals surface area contributed by atoms with Crippen molar-refractivity contribution in [3.63, 3.8) is 0 Å². The Bertz CT molecular complexity index is 837. The van der Waals surface area contributed by atoms with E-state index >= 15 is 0 Å². The Morgan fingerprint density at radius 1 is 1.31 bits per heavy atom. The molecule has 2 heterocycles. The average Bonchev–Trinajstić information content (AvgIpc) is 2.62. The Balaban J connectivity index is 1.66. The van der Waals surface area contributed by atoms with Gasteiger partial charge in [-0.05, 0) is 18.2 Å². The van der Waals surface area contributed by atoms with E-state index in [1.807, 2.05) is 4.90 Å². The van der Waals surface area contributed by atoms with Crippen LogP contribution < -0.4 is 15.4 Å². The lowest BCUT2D eigenvalue weighted by molar-refractivity contribution is -0.384. The Hall–Kier alpha value is -3.23. The smallest absolute Gasteiger partial charge is 0.295 e. The van der Waals surface area contributed by atoms with Crippen LogP contribution in [0.3, 0.4) is 0 Å². The Morgan fingerprint density at radius 3 is 2.69 bits per heavy atom. The summed E-state index contributed by atoms with van der Waals surface area (Å²) in [6.07, 6.45) is 2.60. The number of benzene rings is 1. The molecule has 0 saturated carbocycles. The number of anilines is 1. The molecule has 0 aliphatic carbocycles. The molecular weight excluding hydrogens is 343 g/mol. The van der Waals surface area contributed by atoms with Crippen molar-refractivity contribution >= 4 is 17.3 Å². The van der Waals surface area contributed by atoms with Gasteiger partial charge in [-0.1, -0.05) is 0 Å². The van der Waals surface area contributed by atoms with Gasteiger partial charge >= 0.3 is 0 Å². The zero-order valence-electron chi connectivity index (χ0n) is 13.8. The molecule has 0 unspecified atom stereocenters. The van der Waals surface area contributed by atoms with Crippen molar-refractivity contribution in [1.29, 1.82) is 0 Å². The highest BCUT2D eigenvalue weighted by Gasteiger charge is 2.26. The highest BCUT2D eigenvalue weighted by atomic mass is 19.1. The van der Waals surface area contributed by atoms with Gasteiger partial charge < -0.3 is 15.4 Å². The van der Waals surface area contributed by atoms with Crippen LogP contribution in [0, 0.1) is 15.9 Å². The molecule has 2 N–H and O–H groups in total.